The number of nitrogens with zero attached hydrogens (tertiary/aromatic N) is 4. The molecule has 27 heavy (non-hydrogen) atoms. The number of carbonyl (C=O) groups is 1. The van der Waals surface area contributed by atoms with Crippen molar-refractivity contribution in [2.45, 2.75) is 38.8 Å². The van der Waals surface area contributed by atoms with Crippen LogP contribution in [0.2, 0.25) is 0 Å². The van der Waals surface area contributed by atoms with E-state index >= 15 is 0 Å². The van der Waals surface area contributed by atoms with Crippen molar-refractivity contribution >= 4 is 5.91 Å². The van der Waals surface area contributed by atoms with Gasteiger partial charge in [0.05, 0.1) is 17.3 Å². The molecule has 3 aromatic rings. The van der Waals surface area contributed by atoms with Gasteiger partial charge in [-0.15, -0.1) is 0 Å². The quantitative estimate of drug-likeness (QED) is 0.733. The first kappa shape index (κ1) is 17.4. The first-order valence-electron chi connectivity index (χ1n) is 8.88. The maximum atomic E-state index is 12.6. The van der Waals surface area contributed by atoms with Crippen LogP contribution in [-0.4, -0.2) is 30.9 Å². The lowest BCUT2D eigenvalue weighted by Gasteiger charge is -2.14. The van der Waals surface area contributed by atoms with Gasteiger partial charge in [-0.1, -0.05) is 17.3 Å². The lowest BCUT2D eigenvalue weighted by Crippen LogP contribution is -2.27. The summed E-state index contributed by atoms with van der Waals surface area (Å²) in [5.74, 6) is 0.539. The number of aromatic nitrogens is 4. The highest BCUT2D eigenvalue weighted by Gasteiger charge is 2.26. The van der Waals surface area contributed by atoms with E-state index in [-0.39, 0.29) is 17.8 Å². The van der Waals surface area contributed by atoms with Gasteiger partial charge in [0.2, 0.25) is 5.82 Å². The molecule has 2 N–H and O–H groups in total. The molecule has 2 atom stereocenters. The van der Waals surface area contributed by atoms with Crippen molar-refractivity contribution in [2.24, 2.45) is 7.05 Å². The number of aryl methyl sites for hydroxylation is 3. The van der Waals surface area contributed by atoms with E-state index in [2.05, 4.69) is 20.6 Å². The number of benzene rings is 1. The third-order valence-corrected chi connectivity index (χ3v) is 4.84. The molecule has 2 heterocycles. The van der Waals surface area contributed by atoms with Crippen molar-refractivity contribution in [1.29, 1.82) is 0 Å². The Kier molecular flexibility index (Phi) is 4.27. The predicted molar refractivity (Wildman–Crippen MR) is 96.8 cm³/mol. The highest BCUT2D eigenvalue weighted by atomic mass is 16.5. The molecule has 0 saturated heterocycles. The summed E-state index contributed by atoms with van der Waals surface area (Å²) in [6.45, 7) is 3.41. The van der Waals surface area contributed by atoms with Crippen molar-refractivity contribution in [3.8, 4) is 11.4 Å². The van der Waals surface area contributed by atoms with Crippen LogP contribution in [0.1, 0.15) is 58.6 Å². The molecular formula is C19H21N5O3. The fourth-order valence-corrected chi connectivity index (χ4v) is 3.49. The second kappa shape index (κ2) is 6.62. The van der Waals surface area contributed by atoms with E-state index in [1.54, 1.807) is 24.9 Å². The van der Waals surface area contributed by atoms with E-state index in [0.717, 1.165) is 35.2 Å². The highest BCUT2D eigenvalue weighted by molar-refractivity contribution is 5.95. The van der Waals surface area contributed by atoms with E-state index < -0.39 is 6.10 Å². The molecule has 4 rings (SSSR count). The third kappa shape index (κ3) is 3.23. The Bertz CT molecular complexity index is 1000. The van der Waals surface area contributed by atoms with Gasteiger partial charge in [0.25, 0.3) is 11.8 Å². The molecule has 8 heteroatoms. The molecule has 0 fully saturated rings. The summed E-state index contributed by atoms with van der Waals surface area (Å²) in [5, 5.41) is 20.8. The van der Waals surface area contributed by atoms with E-state index in [1.165, 1.54) is 0 Å². The summed E-state index contributed by atoms with van der Waals surface area (Å²) in [4.78, 5) is 16.8. The van der Waals surface area contributed by atoms with E-state index in [1.807, 2.05) is 25.1 Å². The van der Waals surface area contributed by atoms with Crippen LogP contribution >= 0.6 is 0 Å². The second-order valence-electron chi connectivity index (χ2n) is 6.91. The Balaban J connectivity index is 1.54. The summed E-state index contributed by atoms with van der Waals surface area (Å²) in [7, 11) is 1.80. The number of carbonyl (C=O) groups excluding carboxylic acids is 1. The van der Waals surface area contributed by atoms with Crippen LogP contribution in [0, 0.1) is 6.92 Å². The molecule has 140 valence electrons. The average Bonchev–Trinajstić information content (AvgIpc) is 3.33. The predicted octanol–water partition coefficient (Wildman–Crippen LogP) is 2.25. The zero-order valence-corrected chi connectivity index (χ0v) is 15.4. The summed E-state index contributed by atoms with van der Waals surface area (Å²) < 4.78 is 6.70. The summed E-state index contributed by atoms with van der Waals surface area (Å²) in [6.07, 6.45) is 2.65. The Labute approximate surface area is 156 Å². The van der Waals surface area contributed by atoms with Crippen LogP contribution in [0.5, 0.6) is 0 Å². The van der Waals surface area contributed by atoms with Crippen LogP contribution in [0.15, 0.2) is 28.9 Å². The van der Waals surface area contributed by atoms with Gasteiger partial charge >= 0.3 is 0 Å². The van der Waals surface area contributed by atoms with Gasteiger partial charge in [0.15, 0.2) is 0 Å². The minimum absolute atomic E-state index is 0.0283. The van der Waals surface area contributed by atoms with Gasteiger partial charge in [-0.05, 0) is 43.9 Å². The van der Waals surface area contributed by atoms with Crippen molar-refractivity contribution < 1.29 is 14.4 Å². The van der Waals surface area contributed by atoms with Crippen LogP contribution < -0.4 is 5.32 Å². The zero-order valence-electron chi connectivity index (χ0n) is 15.4. The number of hydrogen-bond acceptors (Lipinski definition) is 6. The van der Waals surface area contributed by atoms with Gasteiger partial charge in [-0.3, -0.25) is 9.48 Å². The Morgan fingerprint density at radius 2 is 2.26 bits per heavy atom. The van der Waals surface area contributed by atoms with Crippen molar-refractivity contribution in [2.75, 3.05) is 0 Å². The van der Waals surface area contributed by atoms with Crippen LogP contribution in [-0.2, 0) is 13.5 Å². The Morgan fingerprint density at radius 3 is 2.93 bits per heavy atom. The smallest absolute Gasteiger partial charge is 0.255 e. The maximum absolute atomic E-state index is 12.6. The fourth-order valence-electron chi connectivity index (χ4n) is 3.49. The highest BCUT2D eigenvalue weighted by Crippen LogP contribution is 2.34. The lowest BCUT2D eigenvalue weighted by atomic mass is 10.0. The molecule has 0 radical (unpaired) electrons. The average molecular weight is 367 g/mol. The summed E-state index contributed by atoms with van der Waals surface area (Å²) >= 11 is 0. The van der Waals surface area contributed by atoms with Crippen molar-refractivity contribution in [3.05, 3.63) is 52.7 Å². The number of hydrogen-bond donors (Lipinski definition) is 2. The molecule has 1 amide bonds. The summed E-state index contributed by atoms with van der Waals surface area (Å²) in [6, 6.07) is 5.90. The Hall–Kier alpha value is -3.00. The zero-order chi connectivity index (χ0) is 19.1. The molecule has 1 aliphatic carbocycles. The number of rotatable bonds is 4. The largest absolute Gasteiger partial charge is 0.384 e. The monoisotopic (exact) mass is 367 g/mol. The molecule has 0 bridgehead atoms. The SMILES string of the molecule is Cc1nn(C)cc1C(=O)NC1CCc2cc(-c3noc(C(C)O)n3)ccc21. The van der Waals surface area contributed by atoms with Crippen LogP contribution in [0.25, 0.3) is 11.4 Å². The topological polar surface area (TPSA) is 106 Å². The second-order valence-corrected chi connectivity index (χ2v) is 6.91. The molecule has 2 unspecified atom stereocenters. The van der Waals surface area contributed by atoms with Gasteiger partial charge in [0.1, 0.15) is 6.10 Å². The number of nitrogens with one attached hydrogen (secondary N) is 1. The third-order valence-electron chi connectivity index (χ3n) is 4.84. The van der Waals surface area contributed by atoms with Crippen molar-refractivity contribution in [1.82, 2.24) is 25.2 Å². The molecule has 1 aromatic carbocycles. The fraction of sp³-hybridized carbons (Fsp3) is 0.368. The molecule has 2 aromatic heterocycles. The van der Waals surface area contributed by atoms with Gasteiger partial charge in [-0.25, -0.2) is 0 Å². The molecule has 1 aliphatic rings. The minimum atomic E-state index is -0.795. The van der Waals surface area contributed by atoms with Crippen LogP contribution in [0.3, 0.4) is 0 Å². The van der Waals surface area contributed by atoms with Gasteiger partial charge in [0, 0.05) is 18.8 Å². The molecule has 0 spiro atoms. The van der Waals surface area contributed by atoms with E-state index in [4.69, 9.17) is 4.52 Å². The first-order chi connectivity index (χ1) is 12.9. The number of amides is 1. The Morgan fingerprint density at radius 1 is 1.44 bits per heavy atom. The number of aliphatic hydroxyl groups is 1. The van der Waals surface area contributed by atoms with Gasteiger partial charge < -0.3 is 14.9 Å². The number of fused-ring (bicyclic) bond motifs is 1. The standard InChI is InChI=1S/C19H21N5O3/c1-10-15(9-24(3)22-10)18(26)20-16-7-5-12-8-13(4-6-14(12)16)17-21-19(11(2)25)27-23-17/h4,6,8-9,11,16,25H,5,7H2,1-3H3,(H,20,26). The molecule has 0 saturated carbocycles. The van der Waals surface area contributed by atoms with Crippen LogP contribution in [0.4, 0.5) is 0 Å². The van der Waals surface area contributed by atoms with E-state index in [0.29, 0.717) is 11.4 Å². The minimum Gasteiger partial charge on any atom is -0.384 e. The summed E-state index contributed by atoms with van der Waals surface area (Å²) in [5.41, 5.74) is 4.41. The van der Waals surface area contributed by atoms with Gasteiger partial charge in [-0.2, -0.15) is 10.1 Å². The molecule has 8 nitrogen and oxygen atoms in total. The first-order valence-corrected chi connectivity index (χ1v) is 8.88. The maximum Gasteiger partial charge on any atom is 0.255 e. The van der Waals surface area contributed by atoms with Crippen molar-refractivity contribution in [3.63, 3.8) is 0 Å². The normalized spacial score (nSPS) is 17.0. The molecule has 0 aliphatic heterocycles. The van der Waals surface area contributed by atoms with E-state index in [9.17, 15) is 9.90 Å². The lowest BCUT2D eigenvalue weighted by molar-refractivity contribution is 0.0936. The molecular weight excluding hydrogens is 346 g/mol. The number of aliphatic hydroxyl groups excluding tert-OH is 1.